The molecule has 0 radical (unpaired) electrons. The van der Waals surface area contributed by atoms with Crippen molar-refractivity contribution in [1.29, 1.82) is 0 Å². The van der Waals surface area contributed by atoms with E-state index in [0.29, 0.717) is 60.3 Å². The molecule has 5 rings (SSSR count). The summed E-state index contributed by atoms with van der Waals surface area (Å²) in [5, 5.41) is 9.97. The number of nitrogens with zero attached hydrogens (tertiary/aromatic N) is 7. The fourth-order valence-corrected chi connectivity index (χ4v) is 6.01. The molecule has 0 saturated carbocycles. The van der Waals surface area contributed by atoms with Crippen LogP contribution in [-0.4, -0.2) is 61.2 Å². The van der Waals surface area contributed by atoms with Gasteiger partial charge in [-0.2, -0.15) is 0 Å². The molecule has 1 fully saturated rings. The molecule has 1 saturated heterocycles. The normalized spacial score (nSPS) is 14.9. The summed E-state index contributed by atoms with van der Waals surface area (Å²) in [7, 11) is 0. The van der Waals surface area contributed by atoms with Crippen molar-refractivity contribution >= 4 is 44.6 Å². The third-order valence-electron chi connectivity index (χ3n) is 7.60. The van der Waals surface area contributed by atoms with E-state index in [4.69, 9.17) is 10.7 Å². The zero-order valence-corrected chi connectivity index (χ0v) is 24.2. The lowest BCUT2D eigenvalue weighted by atomic mass is 9.80. The molecule has 41 heavy (non-hydrogen) atoms. The summed E-state index contributed by atoms with van der Waals surface area (Å²) < 4.78 is 2.32. The topological polar surface area (TPSA) is 160 Å². The number of carbonyl (C=O) groups is 2. The molecule has 3 aromatic heterocycles. The Hall–Kier alpha value is -4.39. The van der Waals surface area contributed by atoms with Gasteiger partial charge in [-0.25, -0.2) is 24.7 Å². The van der Waals surface area contributed by atoms with E-state index in [-0.39, 0.29) is 11.6 Å². The highest BCUT2D eigenvalue weighted by Crippen LogP contribution is 2.39. The molecule has 2 amide bonds. The Morgan fingerprint density at radius 1 is 1.12 bits per heavy atom. The molecular formula is C28H32N8O4S. The highest BCUT2D eigenvalue weighted by atomic mass is 32.1. The number of fused-ring (bicyclic) bond motifs is 1. The average Bonchev–Trinajstić information content (AvgIpc) is 3.36. The molecule has 4 aromatic rings. The van der Waals surface area contributed by atoms with Crippen LogP contribution >= 0.6 is 11.3 Å². The molecule has 1 aliphatic rings. The molecule has 3 N–H and O–H groups in total. The molecule has 13 heteroatoms. The first kappa shape index (κ1) is 28.1. The van der Waals surface area contributed by atoms with Crippen molar-refractivity contribution in [3.8, 4) is 22.4 Å². The van der Waals surface area contributed by atoms with Crippen molar-refractivity contribution in [3.63, 3.8) is 0 Å². The maximum Gasteiger partial charge on any atom is 0.321 e. The number of thiazole rings is 1. The van der Waals surface area contributed by atoms with Crippen LogP contribution in [0.3, 0.4) is 0 Å². The molecule has 0 unspecified atom stereocenters. The fraction of sp³-hybridized carbons (Fsp3) is 0.393. The Kier molecular flexibility index (Phi) is 7.47. The average molecular weight is 577 g/mol. The van der Waals surface area contributed by atoms with Crippen molar-refractivity contribution in [2.45, 2.75) is 46.6 Å². The molecule has 0 aliphatic carbocycles. The number of carbonyl (C=O) groups excluding carboxylic acids is 1. The van der Waals surface area contributed by atoms with Gasteiger partial charge in [0.25, 0.3) is 5.56 Å². The molecule has 0 spiro atoms. The number of anilines is 2. The van der Waals surface area contributed by atoms with Gasteiger partial charge in [0, 0.05) is 55.3 Å². The van der Waals surface area contributed by atoms with Gasteiger partial charge < -0.3 is 15.7 Å². The zero-order valence-electron chi connectivity index (χ0n) is 23.4. The van der Waals surface area contributed by atoms with Crippen molar-refractivity contribution in [2.24, 2.45) is 11.1 Å². The van der Waals surface area contributed by atoms with E-state index in [1.807, 2.05) is 37.8 Å². The number of hydrogen-bond donors (Lipinski definition) is 2. The Bertz CT molecular complexity index is 1670. The van der Waals surface area contributed by atoms with E-state index in [1.54, 1.807) is 23.9 Å². The second-order valence-corrected chi connectivity index (χ2v) is 11.7. The van der Waals surface area contributed by atoms with E-state index in [9.17, 15) is 19.5 Å². The fourth-order valence-electron chi connectivity index (χ4n) is 4.87. The van der Waals surface area contributed by atoms with Crippen LogP contribution in [0.1, 0.15) is 46.6 Å². The summed E-state index contributed by atoms with van der Waals surface area (Å²) in [6.45, 7) is 8.90. The third-order valence-corrected chi connectivity index (χ3v) is 8.73. The number of amides is 2. The number of urea groups is 1. The number of hydrogen-bond acceptors (Lipinski definition) is 9. The third kappa shape index (κ3) is 5.36. The van der Waals surface area contributed by atoms with E-state index >= 15 is 0 Å². The van der Waals surface area contributed by atoms with Crippen LogP contribution in [0.4, 0.5) is 15.9 Å². The van der Waals surface area contributed by atoms with Crippen LogP contribution in [0.25, 0.3) is 32.6 Å². The minimum atomic E-state index is -0.779. The molecule has 0 atom stereocenters. The maximum atomic E-state index is 12.8. The predicted octanol–water partition coefficient (Wildman–Crippen LogP) is 4.15. The van der Waals surface area contributed by atoms with E-state index in [2.05, 4.69) is 15.0 Å². The van der Waals surface area contributed by atoms with Gasteiger partial charge in [-0.05, 0) is 58.2 Å². The Morgan fingerprint density at radius 2 is 1.80 bits per heavy atom. The largest absolute Gasteiger partial charge is 0.481 e. The lowest BCUT2D eigenvalue weighted by Gasteiger charge is -2.36. The first-order valence-electron chi connectivity index (χ1n) is 13.4. The predicted molar refractivity (Wildman–Crippen MR) is 158 cm³/mol. The Morgan fingerprint density at radius 3 is 2.37 bits per heavy atom. The molecule has 1 aromatic carbocycles. The second-order valence-electron chi connectivity index (χ2n) is 10.7. The summed E-state index contributed by atoms with van der Waals surface area (Å²) in [5.74, 6) is -0.240. The SMILES string of the molecule is CCN(C(N)=O)c1nc2cc(-c3cnc(N4CCC(C)(C(=O)O)CC4)nc3)cc(-c3cc(=O)n(C(C)C)cn3)c2s1. The minimum absolute atomic E-state index is 0.0347. The van der Waals surface area contributed by atoms with Gasteiger partial charge >= 0.3 is 12.0 Å². The summed E-state index contributed by atoms with van der Waals surface area (Å²) in [4.78, 5) is 58.3. The van der Waals surface area contributed by atoms with Gasteiger partial charge in [-0.15, -0.1) is 0 Å². The summed E-state index contributed by atoms with van der Waals surface area (Å²) >= 11 is 1.31. The van der Waals surface area contributed by atoms with E-state index < -0.39 is 17.4 Å². The second kappa shape index (κ2) is 10.9. The summed E-state index contributed by atoms with van der Waals surface area (Å²) in [6.07, 6.45) is 6.01. The lowest BCUT2D eigenvalue weighted by Crippen LogP contribution is -2.43. The number of aromatic nitrogens is 5. The van der Waals surface area contributed by atoms with Gasteiger partial charge in [0.2, 0.25) is 5.95 Å². The molecule has 0 bridgehead atoms. The highest BCUT2D eigenvalue weighted by molar-refractivity contribution is 7.23. The van der Waals surface area contributed by atoms with Crippen molar-refractivity contribution in [3.05, 3.63) is 47.3 Å². The first-order chi connectivity index (χ1) is 19.5. The monoisotopic (exact) mass is 576 g/mol. The summed E-state index contributed by atoms with van der Waals surface area (Å²) in [5.41, 5.74) is 7.99. The first-order valence-corrected chi connectivity index (χ1v) is 14.2. The van der Waals surface area contributed by atoms with Crippen LogP contribution < -0.4 is 21.1 Å². The molecule has 214 valence electrons. The van der Waals surface area contributed by atoms with Gasteiger partial charge in [-0.3, -0.25) is 19.1 Å². The number of benzene rings is 1. The molecule has 12 nitrogen and oxygen atoms in total. The minimum Gasteiger partial charge on any atom is -0.481 e. The van der Waals surface area contributed by atoms with Crippen LogP contribution in [0, 0.1) is 5.41 Å². The Balaban J connectivity index is 1.55. The zero-order chi connectivity index (χ0) is 29.5. The number of rotatable bonds is 7. The van der Waals surface area contributed by atoms with Gasteiger partial charge in [0.15, 0.2) is 5.13 Å². The van der Waals surface area contributed by atoms with Crippen molar-refractivity contribution in [1.82, 2.24) is 24.5 Å². The maximum absolute atomic E-state index is 12.8. The molecule has 4 heterocycles. The number of carboxylic acids is 1. The van der Waals surface area contributed by atoms with Crippen LogP contribution in [0.15, 0.2) is 41.7 Å². The van der Waals surface area contributed by atoms with Crippen LogP contribution in [0.2, 0.25) is 0 Å². The Labute approximate surface area is 240 Å². The highest BCUT2D eigenvalue weighted by Gasteiger charge is 2.37. The standard InChI is InChI=1S/C28H32N8O4S/c1-5-35(25(29)40)27-33-21-11-17(10-19(23(21)41-27)20-12-22(37)36(15-32-20)16(2)3)18-13-30-26(31-14-18)34-8-6-28(4,7-9-34)24(38)39/h10-16H,5-9H2,1-4H3,(H2,29,40)(H,38,39). The quantitative estimate of drug-likeness (QED) is 0.329. The molecule has 1 aliphatic heterocycles. The number of primary amides is 1. The smallest absolute Gasteiger partial charge is 0.321 e. The molecular weight excluding hydrogens is 544 g/mol. The summed E-state index contributed by atoms with van der Waals surface area (Å²) in [6, 6.07) is 4.68. The lowest BCUT2D eigenvalue weighted by molar-refractivity contribution is -0.149. The number of carboxylic acid groups (broad SMARTS) is 1. The van der Waals surface area contributed by atoms with E-state index in [1.165, 1.54) is 28.6 Å². The number of nitrogens with two attached hydrogens (primary N) is 1. The van der Waals surface area contributed by atoms with Crippen molar-refractivity contribution < 1.29 is 14.7 Å². The van der Waals surface area contributed by atoms with Crippen LogP contribution in [-0.2, 0) is 4.79 Å². The number of piperidine rings is 1. The van der Waals surface area contributed by atoms with E-state index in [0.717, 1.165) is 15.8 Å². The van der Waals surface area contributed by atoms with Crippen LogP contribution in [0.5, 0.6) is 0 Å². The van der Waals surface area contributed by atoms with Gasteiger partial charge in [-0.1, -0.05) is 11.3 Å². The van der Waals surface area contributed by atoms with Gasteiger partial charge in [0.1, 0.15) is 0 Å². The van der Waals surface area contributed by atoms with Crippen molar-refractivity contribution in [2.75, 3.05) is 29.4 Å². The van der Waals surface area contributed by atoms with Gasteiger partial charge in [0.05, 0.1) is 27.7 Å². The number of aliphatic carboxylic acids is 1.